The molecule has 0 saturated carbocycles. The molecule has 0 aliphatic carbocycles. The molecular weight excluding hydrogens is 330 g/mol. The fourth-order valence-electron chi connectivity index (χ4n) is 2.86. The van der Waals surface area contributed by atoms with Crippen LogP contribution >= 0.6 is 0 Å². The Balaban J connectivity index is 1.84. The van der Waals surface area contributed by atoms with Gasteiger partial charge >= 0.3 is 0 Å². The van der Waals surface area contributed by atoms with E-state index in [9.17, 15) is 20.1 Å². The number of aliphatic hydroxyl groups excluding tert-OH is 3. The first kappa shape index (κ1) is 15.8. The summed E-state index contributed by atoms with van der Waals surface area (Å²) in [6.07, 6.45) is -0.0451. The van der Waals surface area contributed by atoms with Crippen molar-refractivity contribution < 1.29 is 20.1 Å². The summed E-state index contributed by atoms with van der Waals surface area (Å²) < 4.78 is 6.85. The first-order valence-electron chi connectivity index (χ1n) is 7.60. The molecule has 25 heavy (non-hydrogen) atoms. The van der Waals surface area contributed by atoms with E-state index < -0.39 is 36.7 Å². The molecule has 10 heteroatoms. The highest BCUT2D eigenvalue weighted by molar-refractivity contribution is 5.72. The smallest absolute Gasteiger partial charge is 0.279 e. The van der Waals surface area contributed by atoms with E-state index in [2.05, 4.69) is 19.9 Å². The number of nitrogens with one attached hydrogen (secondary N) is 1. The summed E-state index contributed by atoms with van der Waals surface area (Å²) in [4.78, 5) is 27.3. The zero-order valence-electron chi connectivity index (χ0n) is 12.9. The normalized spacial score (nSPS) is 26.4. The van der Waals surface area contributed by atoms with Crippen LogP contribution in [0.15, 0.2) is 35.6 Å². The minimum Gasteiger partial charge on any atom is -0.394 e. The van der Waals surface area contributed by atoms with Crippen molar-refractivity contribution in [3.63, 3.8) is 0 Å². The van der Waals surface area contributed by atoms with Crippen LogP contribution in [0.5, 0.6) is 0 Å². The van der Waals surface area contributed by atoms with Gasteiger partial charge in [0.25, 0.3) is 5.56 Å². The van der Waals surface area contributed by atoms with Gasteiger partial charge in [-0.3, -0.25) is 14.3 Å². The van der Waals surface area contributed by atoms with Gasteiger partial charge < -0.3 is 25.0 Å². The molecule has 4 rings (SSSR count). The number of nitrogens with zero attached hydrogens (tertiary/aromatic N) is 4. The minimum absolute atomic E-state index is 0.0744. The summed E-state index contributed by atoms with van der Waals surface area (Å²) in [6.45, 7) is -0.448. The van der Waals surface area contributed by atoms with Gasteiger partial charge in [0.2, 0.25) is 0 Å². The van der Waals surface area contributed by atoms with Gasteiger partial charge in [-0.1, -0.05) is 0 Å². The molecule has 130 valence electrons. The number of pyridine rings is 1. The van der Waals surface area contributed by atoms with E-state index in [1.807, 2.05) is 0 Å². The largest absolute Gasteiger partial charge is 0.394 e. The third-order valence-corrected chi connectivity index (χ3v) is 4.16. The first-order valence-corrected chi connectivity index (χ1v) is 7.60. The predicted molar refractivity (Wildman–Crippen MR) is 84.4 cm³/mol. The predicted octanol–water partition coefficient (Wildman–Crippen LogP) is -1.21. The number of imidazole rings is 1. The van der Waals surface area contributed by atoms with Gasteiger partial charge in [-0.05, 0) is 12.1 Å². The third kappa shape index (κ3) is 2.51. The number of fused-ring (bicyclic) bond motifs is 1. The second-order valence-electron chi connectivity index (χ2n) is 5.71. The first-order chi connectivity index (χ1) is 12.1. The Morgan fingerprint density at radius 2 is 2.16 bits per heavy atom. The van der Waals surface area contributed by atoms with Gasteiger partial charge in [0, 0.05) is 18.0 Å². The lowest BCUT2D eigenvalue weighted by atomic mass is 10.1. The number of H-pyrrole nitrogens is 1. The molecule has 4 heterocycles. The van der Waals surface area contributed by atoms with Crippen molar-refractivity contribution in [1.29, 1.82) is 0 Å². The SMILES string of the molecule is O=c1[nH]c(-c2cccnc2)nc2c1ncn2C1OC(CO)C(O)C1O. The number of aromatic amines is 1. The topological polar surface area (TPSA) is 146 Å². The molecule has 0 bridgehead atoms. The average Bonchev–Trinajstić information content (AvgIpc) is 3.18. The summed E-state index contributed by atoms with van der Waals surface area (Å²) >= 11 is 0. The number of aromatic nitrogens is 5. The number of hydrogen-bond donors (Lipinski definition) is 4. The van der Waals surface area contributed by atoms with E-state index in [0.29, 0.717) is 11.4 Å². The fourth-order valence-corrected chi connectivity index (χ4v) is 2.86. The molecule has 1 fully saturated rings. The Morgan fingerprint density at radius 1 is 1.32 bits per heavy atom. The standard InChI is InChI=1S/C15H15N5O5/c21-5-8-10(22)11(23)15(25-8)20-6-17-9-13(20)18-12(19-14(9)24)7-2-1-3-16-4-7/h1-4,6,8,10-11,15,21-23H,5H2,(H,18,19,24). The maximum Gasteiger partial charge on any atom is 0.279 e. The molecule has 0 radical (unpaired) electrons. The molecule has 1 aliphatic heterocycles. The molecule has 4 atom stereocenters. The van der Waals surface area contributed by atoms with Gasteiger partial charge in [0.05, 0.1) is 12.9 Å². The highest BCUT2D eigenvalue weighted by Gasteiger charge is 2.44. The third-order valence-electron chi connectivity index (χ3n) is 4.16. The number of hydrogen-bond acceptors (Lipinski definition) is 8. The van der Waals surface area contributed by atoms with Crippen LogP contribution < -0.4 is 5.56 Å². The Kier molecular flexibility index (Phi) is 3.81. The molecule has 1 saturated heterocycles. The quantitative estimate of drug-likeness (QED) is 0.462. The van der Waals surface area contributed by atoms with Crippen molar-refractivity contribution in [3.8, 4) is 11.4 Å². The molecule has 3 aromatic rings. The van der Waals surface area contributed by atoms with E-state index >= 15 is 0 Å². The van der Waals surface area contributed by atoms with Gasteiger partial charge in [-0.15, -0.1) is 0 Å². The highest BCUT2D eigenvalue weighted by Crippen LogP contribution is 2.31. The highest BCUT2D eigenvalue weighted by atomic mass is 16.6. The van der Waals surface area contributed by atoms with Crippen LogP contribution in [0.2, 0.25) is 0 Å². The summed E-state index contributed by atoms with van der Waals surface area (Å²) in [5.41, 5.74) is 0.424. The zero-order valence-corrected chi connectivity index (χ0v) is 12.9. The lowest BCUT2D eigenvalue weighted by molar-refractivity contribution is -0.0511. The Hall–Kier alpha value is -2.66. The van der Waals surface area contributed by atoms with Crippen molar-refractivity contribution in [1.82, 2.24) is 24.5 Å². The van der Waals surface area contributed by atoms with Gasteiger partial charge in [0.1, 0.15) is 24.1 Å². The van der Waals surface area contributed by atoms with Gasteiger partial charge in [-0.2, -0.15) is 0 Å². The minimum atomic E-state index is -1.29. The van der Waals surface area contributed by atoms with Crippen molar-refractivity contribution in [2.75, 3.05) is 6.61 Å². The lowest BCUT2D eigenvalue weighted by Crippen LogP contribution is -2.33. The zero-order chi connectivity index (χ0) is 17.6. The monoisotopic (exact) mass is 345 g/mol. The molecular formula is C15H15N5O5. The molecule has 4 unspecified atom stereocenters. The average molecular weight is 345 g/mol. The van der Waals surface area contributed by atoms with E-state index in [1.165, 1.54) is 10.9 Å². The van der Waals surface area contributed by atoms with Crippen molar-refractivity contribution in [3.05, 3.63) is 41.2 Å². The maximum absolute atomic E-state index is 12.3. The van der Waals surface area contributed by atoms with E-state index in [4.69, 9.17) is 4.74 Å². The number of rotatable bonds is 3. The molecule has 0 spiro atoms. The summed E-state index contributed by atoms with van der Waals surface area (Å²) in [7, 11) is 0. The molecule has 0 aromatic carbocycles. The summed E-state index contributed by atoms with van der Waals surface area (Å²) in [6, 6.07) is 3.45. The van der Waals surface area contributed by atoms with Crippen molar-refractivity contribution >= 4 is 11.2 Å². The summed E-state index contributed by atoms with van der Waals surface area (Å²) in [5, 5.41) is 29.3. The Morgan fingerprint density at radius 3 is 2.84 bits per heavy atom. The van der Waals surface area contributed by atoms with E-state index in [0.717, 1.165) is 0 Å². The van der Waals surface area contributed by atoms with Gasteiger partial charge in [-0.25, -0.2) is 9.97 Å². The van der Waals surface area contributed by atoms with Crippen LogP contribution in [0, 0.1) is 0 Å². The number of aliphatic hydroxyl groups is 3. The van der Waals surface area contributed by atoms with Crippen LogP contribution in [0.3, 0.4) is 0 Å². The molecule has 10 nitrogen and oxygen atoms in total. The van der Waals surface area contributed by atoms with Crippen LogP contribution in [0.1, 0.15) is 6.23 Å². The van der Waals surface area contributed by atoms with Gasteiger partial charge in [0.15, 0.2) is 17.4 Å². The Bertz CT molecular complexity index is 956. The van der Waals surface area contributed by atoms with Crippen molar-refractivity contribution in [2.24, 2.45) is 0 Å². The molecule has 1 aliphatic rings. The maximum atomic E-state index is 12.3. The van der Waals surface area contributed by atoms with Crippen molar-refractivity contribution in [2.45, 2.75) is 24.5 Å². The molecule has 3 aromatic heterocycles. The van der Waals surface area contributed by atoms with Crippen LogP contribution in [0.4, 0.5) is 0 Å². The van der Waals surface area contributed by atoms with Crippen LogP contribution in [-0.4, -0.2) is 64.7 Å². The lowest BCUT2D eigenvalue weighted by Gasteiger charge is -2.16. The number of ether oxygens (including phenoxy) is 1. The van der Waals surface area contributed by atoms with Crippen LogP contribution in [-0.2, 0) is 4.74 Å². The molecule has 4 N–H and O–H groups in total. The van der Waals surface area contributed by atoms with Crippen LogP contribution in [0.25, 0.3) is 22.6 Å². The molecule has 0 amide bonds. The fraction of sp³-hybridized carbons (Fsp3) is 0.333. The second-order valence-corrected chi connectivity index (χ2v) is 5.71. The Labute approximate surface area is 140 Å². The second kappa shape index (κ2) is 6.01. The van der Waals surface area contributed by atoms with E-state index in [-0.39, 0.29) is 11.2 Å². The summed E-state index contributed by atoms with van der Waals surface area (Å²) in [5.74, 6) is 0.291. The van der Waals surface area contributed by atoms with E-state index in [1.54, 1.807) is 24.5 Å².